The fourth-order valence-electron chi connectivity index (χ4n) is 2.35. The summed E-state index contributed by atoms with van der Waals surface area (Å²) in [6, 6.07) is 10.9. The van der Waals surface area contributed by atoms with Crippen LogP contribution in [0.5, 0.6) is 0 Å². The monoisotopic (exact) mass is 328 g/mol. The van der Waals surface area contributed by atoms with Gasteiger partial charge >= 0.3 is 0 Å². The van der Waals surface area contributed by atoms with Crippen molar-refractivity contribution >= 4 is 28.3 Å². The molecule has 0 radical (unpaired) electrons. The highest BCUT2D eigenvalue weighted by Gasteiger charge is 2.18. The third-order valence-electron chi connectivity index (χ3n) is 3.96. The summed E-state index contributed by atoms with van der Waals surface area (Å²) < 4.78 is 0. The van der Waals surface area contributed by atoms with E-state index >= 15 is 0 Å². The molecule has 2 amide bonds. The number of anilines is 1. The normalized spacial score (nSPS) is 12.2. The summed E-state index contributed by atoms with van der Waals surface area (Å²) in [6.07, 6.45) is 0.628. The third-order valence-corrected chi connectivity index (χ3v) is 3.96. The smallest absolute Gasteiger partial charge is 0.253 e. The van der Waals surface area contributed by atoms with Crippen LogP contribution in [0.3, 0.4) is 0 Å². The predicted molar refractivity (Wildman–Crippen MR) is 96.0 cm³/mol. The molecule has 0 fully saturated rings. The zero-order valence-electron chi connectivity index (χ0n) is 14.3. The highest BCUT2D eigenvalue weighted by atomic mass is 16.3. The molecule has 2 rings (SSSR count). The van der Waals surface area contributed by atoms with Gasteiger partial charge in [0.05, 0.1) is 23.9 Å². The first-order chi connectivity index (χ1) is 11.5. The van der Waals surface area contributed by atoms with Gasteiger partial charge in [-0.1, -0.05) is 45.0 Å². The van der Waals surface area contributed by atoms with Gasteiger partial charge in [-0.05, 0) is 29.3 Å². The molecular formula is C19H24N2O3. The van der Waals surface area contributed by atoms with Crippen LogP contribution in [-0.4, -0.2) is 29.6 Å². The minimum atomic E-state index is -0.308. The number of aliphatic hydroxyl groups is 1. The molecule has 0 bridgehead atoms. The Kier molecular flexibility index (Phi) is 5.93. The van der Waals surface area contributed by atoms with Crippen LogP contribution in [0.15, 0.2) is 36.4 Å². The molecule has 0 saturated carbocycles. The number of amides is 2. The van der Waals surface area contributed by atoms with Gasteiger partial charge in [0.15, 0.2) is 0 Å². The van der Waals surface area contributed by atoms with E-state index in [1.54, 1.807) is 19.9 Å². The van der Waals surface area contributed by atoms with Crippen molar-refractivity contribution in [2.24, 2.45) is 5.92 Å². The summed E-state index contributed by atoms with van der Waals surface area (Å²) >= 11 is 0. The maximum Gasteiger partial charge on any atom is 0.253 e. The molecule has 5 nitrogen and oxygen atoms in total. The molecule has 2 aromatic rings. The molecule has 1 unspecified atom stereocenters. The number of hydrogen-bond donors (Lipinski definition) is 3. The predicted octanol–water partition coefficient (Wildman–Crippen LogP) is 2.94. The summed E-state index contributed by atoms with van der Waals surface area (Å²) in [4.78, 5) is 24.7. The van der Waals surface area contributed by atoms with Crippen LogP contribution in [0.2, 0.25) is 0 Å². The Balaban J connectivity index is 2.44. The van der Waals surface area contributed by atoms with Crippen molar-refractivity contribution in [2.75, 3.05) is 11.9 Å². The lowest BCUT2D eigenvalue weighted by Crippen LogP contribution is -2.37. The molecule has 3 N–H and O–H groups in total. The molecule has 5 heteroatoms. The largest absolute Gasteiger partial charge is 0.394 e. The Hall–Kier alpha value is -2.40. The molecular weight excluding hydrogens is 304 g/mol. The summed E-state index contributed by atoms with van der Waals surface area (Å²) in [5.41, 5.74) is 0.882. The Morgan fingerprint density at radius 2 is 1.75 bits per heavy atom. The van der Waals surface area contributed by atoms with E-state index in [0.29, 0.717) is 17.7 Å². The van der Waals surface area contributed by atoms with Gasteiger partial charge in [0.2, 0.25) is 5.91 Å². The zero-order chi connectivity index (χ0) is 17.7. The number of rotatable bonds is 6. The van der Waals surface area contributed by atoms with Crippen molar-refractivity contribution in [1.29, 1.82) is 0 Å². The lowest BCUT2D eigenvalue weighted by Gasteiger charge is -2.17. The number of fused-ring (bicyclic) bond motifs is 1. The van der Waals surface area contributed by atoms with E-state index in [1.807, 2.05) is 37.3 Å². The van der Waals surface area contributed by atoms with Gasteiger partial charge in [0, 0.05) is 5.92 Å². The first kappa shape index (κ1) is 17.9. The quantitative estimate of drug-likeness (QED) is 0.763. The molecule has 1 atom stereocenters. The van der Waals surface area contributed by atoms with Crippen molar-refractivity contribution < 1.29 is 14.7 Å². The minimum Gasteiger partial charge on any atom is -0.394 e. The maximum atomic E-state index is 12.6. The lowest BCUT2D eigenvalue weighted by molar-refractivity contribution is -0.118. The van der Waals surface area contributed by atoms with Gasteiger partial charge in [-0.15, -0.1) is 0 Å². The maximum absolute atomic E-state index is 12.6. The zero-order valence-corrected chi connectivity index (χ0v) is 14.3. The SMILES string of the molecule is CCC(CO)NC(=O)c1cc2ccccc2cc1NC(=O)C(C)C. The molecule has 0 spiro atoms. The Labute approximate surface area is 142 Å². The standard InChI is InChI=1S/C19H24N2O3/c1-4-15(11-22)20-19(24)16-9-13-7-5-6-8-14(13)10-17(16)21-18(23)12(2)3/h5-10,12,15,22H,4,11H2,1-3H3,(H,20,24)(H,21,23). The lowest BCUT2D eigenvalue weighted by atomic mass is 10.0. The van der Waals surface area contributed by atoms with E-state index in [-0.39, 0.29) is 30.4 Å². The Morgan fingerprint density at radius 3 is 2.29 bits per heavy atom. The van der Waals surface area contributed by atoms with Crippen molar-refractivity contribution in [1.82, 2.24) is 5.32 Å². The van der Waals surface area contributed by atoms with E-state index in [1.165, 1.54) is 0 Å². The van der Waals surface area contributed by atoms with Crippen LogP contribution in [0.1, 0.15) is 37.6 Å². The molecule has 128 valence electrons. The van der Waals surface area contributed by atoms with Crippen LogP contribution < -0.4 is 10.6 Å². The third kappa shape index (κ3) is 4.11. The fourth-order valence-corrected chi connectivity index (χ4v) is 2.35. The molecule has 0 aliphatic rings. The Morgan fingerprint density at radius 1 is 1.12 bits per heavy atom. The van der Waals surface area contributed by atoms with Crippen molar-refractivity contribution in [3.8, 4) is 0 Å². The van der Waals surface area contributed by atoms with Gasteiger partial charge < -0.3 is 15.7 Å². The van der Waals surface area contributed by atoms with Crippen LogP contribution in [0, 0.1) is 5.92 Å². The molecule has 0 aliphatic carbocycles. The van der Waals surface area contributed by atoms with Crippen molar-refractivity contribution in [2.45, 2.75) is 33.2 Å². The van der Waals surface area contributed by atoms with E-state index in [9.17, 15) is 14.7 Å². The summed E-state index contributed by atoms with van der Waals surface area (Å²) in [6.45, 7) is 5.37. The number of aliphatic hydroxyl groups excluding tert-OH is 1. The number of carbonyl (C=O) groups excluding carboxylic acids is 2. The van der Waals surface area contributed by atoms with Gasteiger partial charge in [-0.2, -0.15) is 0 Å². The molecule has 24 heavy (non-hydrogen) atoms. The van der Waals surface area contributed by atoms with Crippen molar-refractivity contribution in [3.63, 3.8) is 0 Å². The molecule has 0 saturated heterocycles. The number of carbonyl (C=O) groups is 2. The van der Waals surface area contributed by atoms with Crippen LogP contribution in [0.4, 0.5) is 5.69 Å². The van der Waals surface area contributed by atoms with Gasteiger partial charge in [-0.25, -0.2) is 0 Å². The average molecular weight is 328 g/mol. The van der Waals surface area contributed by atoms with Crippen LogP contribution in [0.25, 0.3) is 10.8 Å². The number of nitrogens with one attached hydrogen (secondary N) is 2. The highest BCUT2D eigenvalue weighted by molar-refractivity contribution is 6.08. The average Bonchev–Trinajstić information content (AvgIpc) is 2.58. The Bertz CT molecular complexity index is 736. The molecule has 2 aromatic carbocycles. The second kappa shape index (κ2) is 7.93. The summed E-state index contributed by atoms with van der Waals surface area (Å²) in [7, 11) is 0. The first-order valence-electron chi connectivity index (χ1n) is 8.21. The minimum absolute atomic E-state index is 0.122. The summed E-state index contributed by atoms with van der Waals surface area (Å²) in [5.74, 6) is -0.637. The van der Waals surface area contributed by atoms with Gasteiger partial charge in [-0.3, -0.25) is 9.59 Å². The second-order valence-corrected chi connectivity index (χ2v) is 6.15. The number of benzene rings is 2. The number of hydrogen-bond acceptors (Lipinski definition) is 3. The van der Waals surface area contributed by atoms with E-state index < -0.39 is 0 Å². The molecule has 0 aliphatic heterocycles. The van der Waals surface area contributed by atoms with Crippen molar-refractivity contribution in [3.05, 3.63) is 42.0 Å². The van der Waals surface area contributed by atoms with Crippen LogP contribution >= 0.6 is 0 Å². The van der Waals surface area contributed by atoms with Crippen LogP contribution in [-0.2, 0) is 4.79 Å². The van der Waals surface area contributed by atoms with Gasteiger partial charge in [0.1, 0.15) is 0 Å². The second-order valence-electron chi connectivity index (χ2n) is 6.15. The van der Waals surface area contributed by atoms with Gasteiger partial charge in [0.25, 0.3) is 5.91 Å². The topological polar surface area (TPSA) is 78.4 Å². The molecule has 0 aromatic heterocycles. The first-order valence-corrected chi connectivity index (χ1v) is 8.21. The van der Waals surface area contributed by atoms with E-state index in [4.69, 9.17) is 0 Å². The van der Waals surface area contributed by atoms with E-state index in [0.717, 1.165) is 10.8 Å². The summed E-state index contributed by atoms with van der Waals surface area (Å²) in [5, 5.41) is 16.8. The highest BCUT2D eigenvalue weighted by Crippen LogP contribution is 2.25. The fraction of sp³-hybridized carbons (Fsp3) is 0.368. The molecule has 0 heterocycles. The van der Waals surface area contributed by atoms with E-state index in [2.05, 4.69) is 10.6 Å².